The zero-order valence-electron chi connectivity index (χ0n) is 11.6. The van der Waals surface area contributed by atoms with Crippen molar-refractivity contribution in [3.05, 3.63) is 52.3 Å². The molecule has 2 rings (SSSR count). The van der Waals surface area contributed by atoms with Crippen LogP contribution in [0.4, 0.5) is 0 Å². The van der Waals surface area contributed by atoms with Crippen LogP contribution < -0.4 is 10.1 Å². The van der Waals surface area contributed by atoms with Gasteiger partial charge in [-0.25, -0.2) is 0 Å². The third-order valence-corrected chi connectivity index (χ3v) is 3.33. The van der Waals surface area contributed by atoms with Gasteiger partial charge in [-0.1, -0.05) is 29.3 Å². The molecule has 0 atom stereocenters. The molecular formula is C15H16Cl2N2O2. The molecule has 0 amide bonds. The molecule has 0 bridgehead atoms. The number of methoxy groups -OCH3 is 1. The van der Waals surface area contributed by atoms with E-state index in [0.29, 0.717) is 34.7 Å². The van der Waals surface area contributed by atoms with Crippen molar-refractivity contribution in [2.45, 2.75) is 6.54 Å². The fraction of sp³-hybridized carbons (Fsp3) is 0.267. The van der Waals surface area contributed by atoms with Crippen LogP contribution in [0.15, 0.2) is 36.7 Å². The first-order valence-corrected chi connectivity index (χ1v) is 7.21. The quantitative estimate of drug-likeness (QED) is 0.783. The highest BCUT2D eigenvalue weighted by molar-refractivity contribution is 6.31. The minimum Gasteiger partial charge on any atom is -0.455 e. The van der Waals surface area contributed by atoms with Crippen molar-refractivity contribution < 1.29 is 9.47 Å². The summed E-state index contributed by atoms with van der Waals surface area (Å²) >= 11 is 12.2. The van der Waals surface area contributed by atoms with E-state index in [1.807, 2.05) is 18.2 Å². The van der Waals surface area contributed by atoms with Gasteiger partial charge in [0.05, 0.1) is 17.8 Å². The highest BCUT2D eigenvalue weighted by Gasteiger charge is 2.09. The van der Waals surface area contributed by atoms with E-state index in [1.54, 1.807) is 25.6 Å². The Balaban J connectivity index is 2.13. The van der Waals surface area contributed by atoms with E-state index in [-0.39, 0.29) is 0 Å². The molecule has 0 fully saturated rings. The molecule has 1 heterocycles. The van der Waals surface area contributed by atoms with Crippen molar-refractivity contribution in [2.75, 3.05) is 20.3 Å². The van der Waals surface area contributed by atoms with Crippen LogP contribution in [0, 0.1) is 0 Å². The molecule has 0 aliphatic carbocycles. The van der Waals surface area contributed by atoms with Crippen molar-refractivity contribution in [1.82, 2.24) is 10.3 Å². The van der Waals surface area contributed by atoms with Crippen LogP contribution in [0.5, 0.6) is 11.5 Å². The third kappa shape index (κ3) is 4.86. The molecule has 6 heteroatoms. The largest absolute Gasteiger partial charge is 0.455 e. The Morgan fingerprint density at radius 1 is 1.24 bits per heavy atom. The van der Waals surface area contributed by atoms with Crippen molar-refractivity contribution in [1.29, 1.82) is 0 Å². The van der Waals surface area contributed by atoms with Crippen LogP contribution in [0.3, 0.4) is 0 Å². The number of hydrogen-bond donors (Lipinski definition) is 1. The summed E-state index contributed by atoms with van der Waals surface area (Å²) in [7, 11) is 1.66. The van der Waals surface area contributed by atoms with Gasteiger partial charge >= 0.3 is 0 Å². The smallest absolute Gasteiger partial charge is 0.147 e. The number of ether oxygens (including phenoxy) is 2. The Labute approximate surface area is 134 Å². The predicted octanol–water partition coefficient (Wildman–Crippen LogP) is 3.92. The van der Waals surface area contributed by atoms with Gasteiger partial charge in [0.2, 0.25) is 0 Å². The number of hydrogen-bond acceptors (Lipinski definition) is 4. The summed E-state index contributed by atoms with van der Waals surface area (Å²) in [6, 6.07) is 7.24. The van der Waals surface area contributed by atoms with Crippen molar-refractivity contribution in [2.24, 2.45) is 0 Å². The molecular weight excluding hydrogens is 311 g/mol. The van der Waals surface area contributed by atoms with Crippen LogP contribution in [0.1, 0.15) is 5.56 Å². The van der Waals surface area contributed by atoms with Crippen molar-refractivity contribution in [3.63, 3.8) is 0 Å². The maximum absolute atomic E-state index is 6.25. The van der Waals surface area contributed by atoms with Gasteiger partial charge in [-0.2, -0.15) is 0 Å². The van der Waals surface area contributed by atoms with Gasteiger partial charge in [-0.05, 0) is 12.1 Å². The Morgan fingerprint density at radius 2 is 2.10 bits per heavy atom. The monoisotopic (exact) mass is 326 g/mol. The first-order valence-electron chi connectivity index (χ1n) is 6.46. The van der Waals surface area contributed by atoms with Crippen molar-refractivity contribution >= 4 is 23.2 Å². The van der Waals surface area contributed by atoms with Gasteiger partial charge < -0.3 is 14.8 Å². The van der Waals surface area contributed by atoms with E-state index in [1.165, 1.54) is 0 Å². The van der Waals surface area contributed by atoms with Crippen LogP contribution in [0.25, 0.3) is 0 Å². The Hall–Kier alpha value is -1.33. The third-order valence-electron chi connectivity index (χ3n) is 2.77. The zero-order chi connectivity index (χ0) is 15.1. The minimum atomic E-state index is 0.522. The normalized spacial score (nSPS) is 10.6. The molecule has 1 aromatic carbocycles. The lowest BCUT2D eigenvalue weighted by atomic mass is 10.2. The summed E-state index contributed by atoms with van der Waals surface area (Å²) < 4.78 is 10.8. The number of benzene rings is 1. The molecule has 21 heavy (non-hydrogen) atoms. The molecule has 0 unspecified atom stereocenters. The molecule has 0 saturated carbocycles. The minimum absolute atomic E-state index is 0.522. The van der Waals surface area contributed by atoms with Crippen LogP contribution >= 0.6 is 23.2 Å². The summed E-state index contributed by atoms with van der Waals surface area (Å²) in [6.45, 7) is 1.96. The zero-order valence-corrected chi connectivity index (χ0v) is 13.1. The molecule has 1 N–H and O–H groups in total. The summed E-state index contributed by atoms with van der Waals surface area (Å²) in [5, 5.41) is 4.42. The molecule has 0 saturated heterocycles. The van der Waals surface area contributed by atoms with E-state index >= 15 is 0 Å². The fourth-order valence-electron chi connectivity index (χ4n) is 1.77. The molecule has 0 aliphatic heterocycles. The fourth-order valence-corrected chi connectivity index (χ4v) is 2.17. The lowest BCUT2D eigenvalue weighted by Crippen LogP contribution is -2.19. The molecule has 1 aromatic heterocycles. The lowest BCUT2D eigenvalue weighted by Gasteiger charge is -2.13. The number of halogens is 2. The summed E-state index contributed by atoms with van der Waals surface area (Å²) in [4.78, 5) is 4.00. The standard InChI is InChI=1S/C15H16Cl2N2O2/c1-20-6-5-18-10-13-14(17)3-2-4-15(13)21-12-7-11(16)8-19-9-12/h2-4,7-9,18H,5-6,10H2,1H3. The van der Waals surface area contributed by atoms with Gasteiger partial charge in [-0.15, -0.1) is 0 Å². The van der Waals surface area contributed by atoms with Gasteiger partial charge in [0, 0.05) is 43.0 Å². The molecule has 2 aromatic rings. The average Bonchev–Trinajstić information content (AvgIpc) is 2.46. The van der Waals surface area contributed by atoms with E-state index in [2.05, 4.69) is 10.3 Å². The number of rotatable bonds is 7. The summed E-state index contributed by atoms with van der Waals surface area (Å²) in [6.07, 6.45) is 3.16. The second-order valence-electron chi connectivity index (χ2n) is 4.33. The number of nitrogens with one attached hydrogen (secondary N) is 1. The Morgan fingerprint density at radius 3 is 2.86 bits per heavy atom. The van der Waals surface area contributed by atoms with E-state index in [9.17, 15) is 0 Å². The van der Waals surface area contributed by atoms with Crippen molar-refractivity contribution in [3.8, 4) is 11.5 Å². The molecule has 112 valence electrons. The maximum Gasteiger partial charge on any atom is 0.147 e. The number of pyridine rings is 1. The van der Waals surface area contributed by atoms with Crippen LogP contribution in [-0.4, -0.2) is 25.2 Å². The molecule has 0 radical (unpaired) electrons. The number of nitrogens with zero attached hydrogens (tertiary/aromatic N) is 1. The number of aromatic nitrogens is 1. The Bertz CT molecular complexity index is 594. The van der Waals surface area contributed by atoms with Crippen LogP contribution in [0.2, 0.25) is 10.0 Å². The Kier molecular flexibility index (Phi) is 6.26. The average molecular weight is 327 g/mol. The SMILES string of the molecule is COCCNCc1c(Cl)cccc1Oc1cncc(Cl)c1. The highest BCUT2D eigenvalue weighted by Crippen LogP contribution is 2.30. The second kappa shape index (κ2) is 8.20. The highest BCUT2D eigenvalue weighted by atomic mass is 35.5. The summed E-state index contributed by atoms with van der Waals surface area (Å²) in [5.41, 5.74) is 0.884. The van der Waals surface area contributed by atoms with E-state index in [4.69, 9.17) is 32.7 Å². The lowest BCUT2D eigenvalue weighted by molar-refractivity contribution is 0.199. The molecule has 4 nitrogen and oxygen atoms in total. The molecule has 0 spiro atoms. The van der Waals surface area contributed by atoms with Crippen LogP contribution in [-0.2, 0) is 11.3 Å². The summed E-state index contributed by atoms with van der Waals surface area (Å²) in [5.74, 6) is 1.25. The first-order chi connectivity index (χ1) is 10.2. The van der Waals surface area contributed by atoms with Gasteiger partial charge in [0.15, 0.2) is 0 Å². The topological polar surface area (TPSA) is 43.4 Å². The van der Waals surface area contributed by atoms with E-state index < -0.39 is 0 Å². The van der Waals surface area contributed by atoms with Gasteiger partial charge in [-0.3, -0.25) is 4.98 Å². The molecule has 0 aliphatic rings. The van der Waals surface area contributed by atoms with Gasteiger partial charge in [0.1, 0.15) is 11.5 Å². The van der Waals surface area contributed by atoms with Gasteiger partial charge in [0.25, 0.3) is 0 Å². The first kappa shape index (κ1) is 16.0. The maximum atomic E-state index is 6.25. The second-order valence-corrected chi connectivity index (χ2v) is 5.17. The van der Waals surface area contributed by atoms with E-state index in [0.717, 1.165) is 12.1 Å². The predicted molar refractivity (Wildman–Crippen MR) is 84.4 cm³/mol.